The van der Waals surface area contributed by atoms with E-state index in [1.165, 1.54) is 0 Å². The van der Waals surface area contributed by atoms with Gasteiger partial charge in [0.1, 0.15) is 18.5 Å². The predicted molar refractivity (Wildman–Crippen MR) is 104 cm³/mol. The summed E-state index contributed by atoms with van der Waals surface area (Å²) in [4.78, 5) is 14.1. The van der Waals surface area contributed by atoms with Crippen molar-refractivity contribution in [1.29, 1.82) is 0 Å². The van der Waals surface area contributed by atoms with Crippen molar-refractivity contribution in [3.05, 3.63) is 60.2 Å². The zero-order valence-electron chi connectivity index (χ0n) is 15.7. The molecular formula is C21H26N2O4. The molecule has 2 aromatic rings. The van der Waals surface area contributed by atoms with E-state index in [2.05, 4.69) is 5.32 Å². The number of carbonyl (C=O) groups excluding carboxylic acids is 1. The third-order valence-corrected chi connectivity index (χ3v) is 4.30. The number of urea groups is 1. The van der Waals surface area contributed by atoms with Gasteiger partial charge in [0.2, 0.25) is 0 Å². The van der Waals surface area contributed by atoms with Crippen LogP contribution in [0.25, 0.3) is 0 Å². The van der Waals surface area contributed by atoms with Crippen molar-refractivity contribution in [3.63, 3.8) is 0 Å². The molecule has 1 heterocycles. The van der Waals surface area contributed by atoms with Crippen LogP contribution >= 0.6 is 0 Å². The zero-order valence-corrected chi connectivity index (χ0v) is 15.7. The average Bonchev–Trinajstić information content (AvgIpc) is 3.01. The summed E-state index contributed by atoms with van der Waals surface area (Å²) in [5.41, 5.74) is 1.72. The number of amides is 2. The lowest BCUT2D eigenvalue weighted by atomic mass is 10.2. The fourth-order valence-electron chi connectivity index (χ4n) is 3.01. The van der Waals surface area contributed by atoms with Crippen molar-refractivity contribution >= 4 is 11.7 Å². The molecule has 0 aromatic heterocycles. The van der Waals surface area contributed by atoms with Gasteiger partial charge in [0.25, 0.3) is 0 Å². The van der Waals surface area contributed by atoms with E-state index in [-0.39, 0.29) is 24.8 Å². The highest BCUT2D eigenvalue weighted by molar-refractivity contribution is 5.89. The van der Waals surface area contributed by atoms with E-state index < -0.39 is 6.10 Å². The van der Waals surface area contributed by atoms with E-state index in [9.17, 15) is 9.90 Å². The SMILES string of the molecule is CC(C)OC1CN(C(=O)Nc2cccc(OCc3ccccc3)c2)CC1O. The molecule has 2 N–H and O–H groups in total. The van der Waals surface area contributed by atoms with Gasteiger partial charge in [0.05, 0.1) is 25.3 Å². The molecule has 1 aliphatic heterocycles. The van der Waals surface area contributed by atoms with Gasteiger partial charge in [-0.2, -0.15) is 0 Å². The molecule has 3 rings (SSSR count). The van der Waals surface area contributed by atoms with Gasteiger partial charge in [0, 0.05) is 11.8 Å². The van der Waals surface area contributed by atoms with Crippen LogP contribution < -0.4 is 10.1 Å². The second kappa shape index (κ2) is 8.88. The molecule has 0 aliphatic carbocycles. The number of nitrogens with one attached hydrogen (secondary N) is 1. The van der Waals surface area contributed by atoms with Crippen LogP contribution in [0.4, 0.5) is 10.5 Å². The van der Waals surface area contributed by atoms with E-state index >= 15 is 0 Å². The number of aliphatic hydroxyl groups is 1. The normalized spacial score (nSPS) is 19.3. The van der Waals surface area contributed by atoms with Gasteiger partial charge in [-0.1, -0.05) is 36.4 Å². The average molecular weight is 370 g/mol. The van der Waals surface area contributed by atoms with Gasteiger partial charge < -0.3 is 24.8 Å². The van der Waals surface area contributed by atoms with E-state index in [0.717, 1.165) is 5.56 Å². The van der Waals surface area contributed by atoms with Gasteiger partial charge in [-0.15, -0.1) is 0 Å². The Bertz CT molecular complexity index is 751. The molecule has 0 radical (unpaired) electrons. The van der Waals surface area contributed by atoms with Crippen LogP contribution in [-0.4, -0.2) is 47.4 Å². The molecule has 1 aliphatic rings. The van der Waals surface area contributed by atoms with Gasteiger partial charge >= 0.3 is 6.03 Å². The number of nitrogens with zero attached hydrogens (tertiary/aromatic N) is 1. The van der Waals surface area contributed by atoms with E-state index in [4.69, 9.17) is 9.47 Å². The lowest BCUT2D eigenvalue weighted by Crippen LogP contribution is -2.34. The molecule has 2 atom stereocenters. The summed E-state index contributed by atoms with van der Waals surface area (Å²) >= 11 is 0. The van der Waals surface area contributed by atoms with Crippen LogP contribution in [0.2, 0.25) is 0 Å². The maximum Gasteiger partial charge on any atom is 0.322 e. The van der Waals surface area contributed by atoms with Crippen molar-refractivity contribution in [3.8, 4) is 5.75 Å². The Labute approximate surface area is 159 Å². The second-order valence-electron chi connectivity index (χ2n) is 6.93. The first-order chi connectivity index (χ1) is 13.0. The molecule has 2 aromatic carbocycles. The number of hydrogen-bond acceptors (Lipinski definition) is 4. The summed E-state index contributed by atoms with van der Waals surface area (Å²) < 4.78 is 11.4. The molecule has 6 heteroatoms. The number of carbonyl (C=O) groups is 1. The maximum absolute atomic E-state index is 12.5. The quantitative estimate of drug-likeness (QED) is 0.819. The number of ether oxygens (including phenoxy) is 2. The number of anilines is 1. The number of rotatable bonds is 6. The van der Waals surface area contributed by atoms with Crippen LogP contribution in [0.3, 0.4) is 0 Å². The highest BCUT2D eigenvalue weighted by Gasteiger charge is 2.35. The Kier molecular flexibility index (Phi) is 6.32. The second-order valence-corrected chi connectivity index (χ2v) is 6.93. The highest BCUT2D eigenvalue weighted by Crippen LogP contribution is 2.21. The van der Waals surface area contributed by atoms with E-state index in [1.807, 2.05) is 62.4 Å². The summed E-state index contributed by atoms with van der Waals surface area (Å²) in [5.74, 6) is 0.680. The molecular weight excluding hydrogens is 344 g/mol. The molecule has 2 unspecified atom stereocenters. The van der Waals surface area contributed by atoms with E-state index in [0.29, 0.717) is 24.6 Å². The van der Waals surface area contributed by atoms with Crippen molar-refractivity contribution < 1.29 is 19.4 Å². The monoisotopic (exact) mass is 370 g/mol. The first-order valence-corrected chi connectivity index (χ1v) is 9.17. The fourth-order valence-corrected chi connectivity index (χ4v) is 3.01. The highest BCUT2D eigenvalue weighted by atomic mass is 16.5. The predicted octanol–water partition coefficient (Wildman–Crippen LogP) is 3.27. The lowest BCUT2D eigenvalue weighted by Gasteiger charge is -2.18. The van der Waals surface area contributed by atoms with Crippen molar-refractivity contribution in [1.82, 2.24) is 4.90 Å². The Morgan fingerprint density at radius 1 is 1.19 bits per heavy atom. The molecule has 144 valence electrons. The minimum absolute atomic E-state index is 0.00565. The van der Waals surface area contributed by atoms with Crippen molar-refractivity contribution in [2.45, 2.75) is 38.8 Å². The van der Waals surface area contributed by atoms with Crippen molar-refractivity contribution in [2.75, 3.05) is 18.4 Å². The summed E-state index contributed by atoms with van der Waals surface area (Å²) in [6.07, 6.45) is -1.01. The molecule has 0 saturated carbocycles. The third-order valence-electron chi connectivity index (χ3n) is 4.30. The van der Waals surface area contributed by atoms with E-state index in [1.54, 1.807) is 11.0 Å². The third kappa shape index (κ3) is 5.45. The number of hydrogen-bond donors (Lipinski definition) is 2. The summed E-state index contributed by atoms with van der Waals surface area (Å²) in [5, 5.41) is 12.9. The molecule has 1 fully saturated rings. The first kappa shape index (κ1) is 19.2. The zero-order chi connectivity index (χ0) is 19.2. The van der Waals surface area contributed by atoms with Crippen LogP contribution in [0, 0.1) is 0 Å². The molecule has 2 amide bonds. The Morgan fingerprint density at radius 2 is 1.96 bits per heavy atom. The largest absolute Gasteiger partial charge is 0.489 e. The number of likely N-dealkylation sites (tertiary alicyclic amines) is 1. The first-order valence-electron chi connectivity index (χ1n) is 9.17. The number of β-amino-alcohol motifs (C(OH)–C–C–N with tert-alkyl or cyclic N) is 1. The standard InChI is InChI=1S/C21H26N2O4/c1-15(2)27-20-13-23(12-19(20)24)21(25)22-17-9-6-10-18(11-17)26-14-16-7-4-3-5-8-16/h3-11,15,19-20,24H,12-14H2,1-2H3,(H,22,25). The Morgan fingerprint density at radius 3 is 2.70 bits per heavy atom. The van der Waals surface area contributed by atoms with Gasteiger partial charge in [-0.3, -0.25) is 0 Å². The topological polar surface area (TPSA) is 71.0 Å². The fraction of sp³-hybridized carbons (Fsp3) is 0.381. The summed E-state index contributed by atoms with van der Waals surface area (Å²) in [6, 6.07) is 16.9. The van der Waals surface area contributed by atoms with Gasteiger partial charge in [0.15, 0.2) is 0 Å². The molecule has 1 saturated heterocycles. The van der Waals surface area contributed by atoms with Gasteiger partial charge in [-0.25, -0.2) is 4.79 Å². The molecule has 27 heavy (non-hydrogen) atoms. The minimum Gasteiger partial charge on any atom is -0.489 e. The minimum atomic E-state index is -0.668. The smallest absolute Gasteiger partial charge is 0.322 e. The molecule has 0 bridgehead atoms. The Hall–Kier alpha value is -2.57. The van der Waals surface area contributed by atoms with Crippen LogP contribution in [0.5, 0.6) is 5.75 Å². The van der Waals surface area contributed by atoms with Crippen molar-refractivity contribution in [2.24, 2.45) is 0 Å². The summed E-state index contributed by atoms with van der Waals surface area (Å²) in [7, 11) is 0. The Balaban J connectivity index is 1.55. The molecule has 6 nitrogen and oxygen atoms in total. The number of aliphatic hydroxyl groups excluding tert-OH is 1. The maximum atomic E-state index is 12.5. The summed E-state index contributed by atoms with van der Waals surface area (Å²) in [6.45, 7) is 4.92. The number of benzene rings is 2. The van der Waals surface area contributed by atoms with Gasteiger partial charge in [-0.05, 0) is 31.5 Å². The van der Waals surface area contributed by atoms with Crippen LogP contribution in [0.15, 0.2) is 54.6 Å². The molecule has 0 spiro atoms. The van der Waals surface area contributed by atoms with Crippen LogP contribution in [-0.2, 0) is 11.3 Å². The van der Waals surface area contributed by atoms with Crippen LogP contribution in [0.1, 0.15) is 19.4 Å². The lowest BCUT2D eigenvalue weighted by molar-refractivity contribution is -0.0393.